The van der Waals surface area contributed by atoms with Crippen LogP contribution in [0.4, 0.5) is 0 Å². The SMILES string of the molecule is CCNC(=NCC1(CCOCC)CCCC1)NCCc1csc(C(C)C)n1.I. The van der Waals surface area contributed by atoms with E-state index in [-0.39, 0.29) is 24.0 Å². The van der Waals surface area contributed by atoms with Crippen LogP contribution in [0, 0.1) is 5.41 Å². The monoisotopic (exact) mass is 522 g/mol. The summed E-state index contributed by atoms with van der Waals surface area (Å²) in [5, 5.41) is 10.3. The highest BCUT2D eigenvalue weighted by molar-refractivity contribution is 14.0. The first-order valence-electron chi connectivity index (χ1n) is 10.6. The van der Waals surface area contributed by atoms with Crippen molar-refractivity contribution in [3.8, 4) is 0 Å². The highest BCUT2D eigenvalue weighted by atomic mass is 127. The summed E-state index contributed by atoms with van der Waals surface area (Å²) in [6, 6.07) is 0. The van der Waals surface area contributed by atoms with Gasteiger partial charge in [0.1, 0.15) is 0 Å². The average Bonchev–Trinajstić information content (AvgIpc) is 3.30. The fourth-order valence-corrected chi connectivity index (χ4v) is 4.51. The van der Waals surface area contributed by atoms with E-state index in [0.717, 1.165) is 51.6 Å². The fourth-order valence-electron chi connectivity index (χ4n) is 3.65. The molecule has 0 bridgehead atoms. The molecular formula is C21H39IN4OS. The zero-order valence-corrected chi connectivity index (χ0v) is 21.2. The van der Waals surface area contributed by atoms with E-state index >= 15 is 0 Å². The molecule has 1 saturated carbocycles. The number of hydrogen-bond acceptors (Lipinski definition) is 4. The van der Waals surface area contributed by atoms with E-state index in [1.54, 1.807) is 11.3 Å². The number of rotatable bonds is 11. The molecule has 0 saturated heterocycles. The molecular weight excluding hydrogens is 483 g/mol. The number of nitrogens with one attached hydrogen (secondary N) is 2. The molecule has 0 atom stereocenters. The van der Waals surface area contributed by atoms with Crippen molar-refractivity contribution in [3.63, 3.8) is 0 Å². The number of nitrogens with zero attached hydrogens (tertiary/aromatic N) is 2. The van der Waals surface area contributed by atoms with Crippen LogP contribution in [0.25, 0.3) is 0 Å². The summed E-state index contributed by atoms with van der Waals surface area (Å²) in [6.45, 7) is 12.9. The third-order valence-corrected chi connectivity index (χ3v) is 6.49. The van der Waals surface area contributed by atoms with Gasteiger partial charge < -0.3 is 15.4 Å². The van der Waals surface area contributed by atoms with Gasteiger partial charge in [0.15, 0.2) is 5.96 Å². The molecule has 0 aliphatic heterocycles. The van der Waals surface area contributed by atoms with Crippen molar-refractivity contribution >= 4 is 41.3 Å². The number of aromatic nitrogens is 1. The molecule has 0 spiro atoms. The van der Waals surface area contributed by atoms with Crippen molar-refractivity contribution in [1.82, 2.24) is 15.6 Å². The second kappa shape index (κ2) is 13.7. The molecule has 0 aromatic carbocycles. The van der Waals surface area contributed by atoms with Crippen LogP contribution >= 0.6 is 35.3 Å². The summed E-state index contributed by atoms with van der Waals surface area (Å²) in [6.07, 6.45) is 7.27. The molecule has 1 fully saturated rings. The lowest BCUT2D eigenvalue weighted by Crippen LogP contribution is -2.39. The molecule has 28 heavy (non-hydrogen) atoms. The number of halogens is 1. The Hall–Kier alpha value is -0.410. The third-order valence-electron chi connectivity index (χ3n) is 5.30. The van der Waals surface area contributed by atoms with E-state index in [9.17, 15) is 0 Å². The lowest BCUT2D eigenvalue weighted by molar-refractivity contribution is 0.107. The maximum atomic E-state index is 5.62. The van der Waals surface area contributed by atoms with Crippen LogP contribution in [0.3, 0.4) is 0 Å². The van der Waals surface area contributed by atoms with Gasteiger partial charge in [0, 0.05) is 50.6 Å². The van der Waals surface area contributed by atoms with Crippen molar-refractivity contribution < 1.29 is 4.74 Å². The van der Waals surface area contributed by atoms with Gasteiger partial charge in [-0.05, 0) is 38.5 Å². The van der Waals surface area contributed by atoms with Gasteiger partial charge in [-0.1, -0.05) is 26.7 Å². The lowest BCUT2D eigenvalue weighted by atomic mass is 9.83. The Kier molecular flexibility index (Phi) is 12.6. The maximum absolute atomic E-state index is 5.62. The molecule has 162 valence electrons. The van der Waals surface area contributed by atoms with Gasteiger partial charge in [-0.25, -0.2) is 4.98 Å². The van der Waals surface area contributed by atoms with Crippen molar-refractivity contribution in [1.29, 1.82) is 0 Å². The predicted octanol–water partition coefficient (Wildman–Crippen LogP) is 4.97. The van der Waals surface area contributed by atoms with E-state index < -0.39 is 0 Å². The second-order valence-electron chi connectivity index (χ2n) is 7.86. The van der Waals surface area contributed by atoms with E-state index in [2.05, 4.69) is 43.7 Å². The van der Waals surface area contributed by atoms with Crippen LogP contribution in [-0.4, -0.2) is 43.8 Å². The van der Waals surface area contributed by atoms with E-state index in [4.69, 9.17) is 14.7 Å². The first-order valence-corrected chi connectivity index (χ1v) is 11.5. The van der Waals surface area contributed by atoms with E-state index in [1.807, 2.05) is 0 Å². The maximum Gasteiger partial charge on any atom is 0.191 e. The minimum atomic E-state index is 0. The summed E-state index contributed by atoms with van der Waals surface area (Å²) >= 11 is 1.77. The van der Waals surface area contributed by atoms with Gasteiger partial charge in [-0.15, -0.1) is 35.3 Å². The van der Waals surface area contributed by atoms with Gasteiger partial charge in [0.25, 0.3) is 0 Å². The summed E-state index contributed by atoms with van der Waals surface area (Å²) in [5.74, 6) is 1.44. The molecule has 1 aromatic rings. The van der Waals surface area contributed by atoms with Gasteiger partial charge in [0.2, 0.25) is 0 Å². The van der Waals surface area contributed by atoms with Crippen molar-refractivity contribution in [2.45, 2.75) is 72.1 Å². The fraction of sp³-hybridized carbons (Fsp3) is 0.810. The second-order valence-corrected chi connectivity index (χ2v) is 8.75. The molecule has 2 rings (SSSR count). The molecule has 1 aromatic heterocycles. The zero-order valence-electron chi connectivity index (χ0n) is 18.1. The molecule has 5 nitrogen and oxygen atoms in total. The Balaban J connectivity index is 0.00000392. The standard InChI is InChI=1S/C21H38N4OS.HI/c1-5-22-20(23-13-9-18-15-27-19(25-18)17(3)4)24-16-21(10-7-8-11-21)12-14-26-6-2;/h15,17H,5-14,16H2,1-4H3,(H2,22,23,24);1H. The van der Waals surface area contributed by atoms with Crippen LogP contribution in [0.2, 0.25) is 0 Å². The quantitative estimate of drug-likeness (QED) is 0.187. The van der Waals surface area contributed by atoms with Crippen LogP contribution in [0.5, 0.6) is 0 Å². The first kappa shape index (κ1) is 25.6. The minimum absolute atomic E-state index is 0. The third kappa shape index (κ3) is 8.53. The lowest BCUT2D eigenvalue weighted by Gasteiger charge is -2.27. The van der Waals surface area contributed by atoms with Gasteiger partial charge in [-0.3, -0.25) is 4.99 Å². The van der Waals surface area contributed by atoms with Gasteiger partial charge >= 0.3 is 0 Å². The number of aliphatic imine (C=N–C) groups is 1. The van der Waals surface area contributed by atoms with Crippen molar-refractivity contribution in [3.05, 3.63) is 16.1 Å². The summed E-state index contributed by atoms with van der Waals surface area (Å²) in [5.41, 5.74) is 1.51. The molecule has 0 amide bonds. The topological polar surface area (TPSA) is 58.5 Å². The Morgan fingerprint density at radius 3 is 2.64 bits per heavy atom. The number of guanidine groups is 1. The highest BCUT2D eigenvalue weighted by Gasteiger charge is 2.33. The molecule has 1 heterocycles. The smallest absolute Gasteiger partial charge is 0.191 e. The minimum Gasteiger partial charge on any atom is -0.382 e. The Labute approximate surface area is 192 Å². The molecule has 7 heteroatoms. The summed E-state index contributed by atoms with van der Waals surface area (Å²) in [4.78, 5) is 9.65. The molecule has 1 aliphatic carbocycles. The van der Waals surface area contributed by atoms with Gasteiger partial charge in [-0.2, -0.15) is 0 Å². The number of hydrogen-bond donors (Lipinski definition) is 2. The van der Waals surface area contributed by atoms with Crippen LogP contribution in [0.15, 0.2) is 10.4 Å². The van der Waals surface area contributed by atoms with Crippen LogP contribution in [-0.2, 0) is 11.2 Å². The molecule has 0 radical (unpaired) electrons. The Morgan fingerprint density at radius 1 is 1.29 bits per heavy atom. The van der Waals surface area contributed by atoms with E-state index in [1.165, 1.54) is 36.4 Å². The normalized spacial score (nSPS) is 16.2. The summed E-state index contributed by atoms with van der Waals surface area (Å²) < 4.78 is 5.62. The van der Waals surface area contributed by atoms with Gasteiger partial charge in [0.05, 0.1) is 10.7 Å². The van der Waals surface area contributed by atoms with Crippen molar-refractivity contribution in [2.75, 3.05) is 32.8 Å². The Morgan fingerprint density at radius 2 is 2.04 bits per heavy atom. The number of ether oxygens (including phenoxy) is 1. The highest BCUT2D eigenvalue weighted by Crippen LogP contribution is 2.41. The largest absolute Gasteiger partial charge is 0.382 e. The predicted molar refractivity (Wildman–Crippen MR) is 131 cm³/mol. The molecule has 2 N–H and O–H groups in total. The summed E-state index contributed by atoms with van der Waals surface area (Å²) in [7, 11) is 0. The van der Waals surface area contributed by atoms with Crippen LogP contribution < -0.4 is 10.6 Å². The molecule has 0 unspecified atom stereocenters. The van der Waals surface area contributed by atoms with E-state index in [0.29, 0.717) is 11.3 Å². The Bertz CT molecular complexity index is 571. The zero-order chi connectivity index (χ0) is 19.5. The number of thiazole rings is 1. The first-order chi connectivity index (χ1) is 13.1. The van der Waals surface area contributed by atoms with Crippen molar-refractivity contribution in [2.24, 2.45) is 10.4 Å². The molecule has 1 aliphatic rings. The average molecular weight is 523 g/mol. The van der Waals surface area contributed by atoms with Crippen LogP contribution in [0.1, 0.15) is 76.4 Å².